The van der Waals surface area contributed by atoms with Crippen LogP contribution in [0.25, 0.3) is 0 Å². The van der Waals surface area contributed by atoms with Crippen molar-refractivity contribution in [1.29, 1.82) is 0 Å². The molecule has 11 heteroatoms. The average Bonchev–Trinajstić information content (AvgIpc) is 3.02. The molecule has 242 valence electrons. The number of rotatable bonds is 13. The van der Waals surface area contributed by atoms with Crippen LogP contribution in [0.4, 0.5) is 10.1 Å². The maximum absolute atomic E-state index is 15.1. The van der Waals surface area contributed by atoms with E-state index in [9.17, 15) is 18.0 Å². The van der Waals surface area contributed by atoms with Gasteiger partial charge in [0.05, 0.1) is 17.7 Å². The molecule has 0 aliphatic carbocycles. The number of sulfonamides is 1. The Morgan fingerprint density at radius 2 is 1.59 bits per heavy atom. The third-order valence-corrected chi connectivity index (χ3v) is 9.31. The largest absolute Gasteiger partial charge is 0.495 e. The van der Waals surface area contributed by atoms with Gasteiger partial charge in [0.15, 0.2) is 0 Å². The molecular formula is C35H37ClFN3O5S. The molecule has 0 fully saturated rings. The zero-order valence-corrected chi connectivity index (χ0v) is 27.7. The molecule has 0 bridgehead atoms. The smallest absolute Gasteiger partial charge is 0.264 e. The third-order valence-electron chi connectivity index (χ3n) is 7.30. The fourth-order valence-electron chi connectivity index (χ4n) is 4.95. The van der Waals surface area contributed by atoms with Crippen molar-refractivity contribution < 1.29 is 27.1 Å². The summed E-state index contributed by atoms with van der Waals surface area (Å²) >= 11 is 6.32. The van der Waals surface area contributed by atoms with Gasteiger partial charge in [-0.3, -0.25) is 13.9 Å². The fourth-order valence-corrected chi connectivity index (χ4v) is 6.54. The molecule has 0 saturated heterocycles. The molecule has 0 unspecified atom stereocenters. The first-order chi connectivity index (χ1) is 21.9. The van der Waals surface area contributed by atoms with Crippen molar-refractivity contribution in [3.8, 4) is 5.75 Å². The van der Waals surface area contributed by atoms with Gasteiger partial charge in [0.25, 0.3) is 10.0 Å². The minimum atomic E-state index is -4.38. The second kappa shape index (κ2) is 15.2. The van der Waals surface area contributed by atoms with Gasteiger partial charge in [-0.2, -0.15) is 0 Å². The number of nitrogens with one attached hydrogen (secondary N) is 1. The standard InChI is InChI=1S/C35H37ClFN3O5S/c1-24(2)38-35(42)32(20-26-10-6-5-7-11-26)39(22-27-12-8-9-13-30(27)37)34(41)23-40(31-21-28(36)16-19-33(31)45-4)46(43,44)29-17-14-25(3)15-18-29/h5-19,21,24,32H,20,22-23H2,1-4H3,(H,38,42)/t32-/m0/s1. The van der Waals surface area contributed by atoms with Crippen molar-refractivity contribution >= 4 is 39.1 Å². The number of hydrogen-bond acceptors (Lipinski definition) is 5. The predicted octanol–water partition coefficient (Wildman–Crippen LogP) is 6.16. The Morgan fingerprint density at radius 3 is 2.22 bits per heavy atom. The molecular weight excluding hydrogens is 629 g/mol. The minimum absolute atomic E-state index is 0.0287. The topological polar surface area (TPSA) is 96.0 Å². The number of carbonyl (C=O) groups is 2. The molecule has 1 atom stereocenters. The van der Waals surface area contributed by atoms with Crippen LogP contribution >= 0.6 is 11.6 Å². The SMILES string of the molecule is COc1ccc(Cl)cc1N(CC(=O)N(Cc1ccccc1F)[C@@H](Cc1ccccc1)C(=O)NC(C)C)S(=O)(=O)c1ccc(C)cc1. The lowest BCUT2D eigenvalue weighted by molar-refractivity contribution is -0.140. The zero-order valence-electron chi connectivity index (χ0n) is 26.1. The lowest BCUT2D eigenvalue weighted by atomic mass is 10.0. The van der Waals surface area contributed by atoms with E-state index in [-0.39, 0.29) is 45.9 Å². The summed E-state index contributed by atoms with van der Waals surface area (Å²) < 4.78 is 50.0. The summed E-state index contributed by atoms with van der Waals surface area (Å²) in [5, 5.41) is 3.09. The third kappa shape index (κ3) is 8.44. The Hall–Kier alpha value is -4.41. The average molecular weight is 666 g/mol. The van der Waals surface area contributed by atoms with Crippen molar-refractivity contribution in [2.75, 3.05) is 18.0 Å². The van der Waals surface area contributed by atoms with Crippen molar-refractivity contribution in [2.24, 2.45) is 0 Å². The molecule has 0 aliphatic heterocycles. The number of anilines is 1. The summed E-state index contributed by atoms with van der Waals surface area (Å²) in [6.45, 7) is 4.39. The maximum Gasteiger partial charge on any atom is 0.264 e. The Kier molecular flexibility index (Phi) is 11.4. The lowest BCUT2D eigenvalue weighted by Gasteiger charge is -2.34. The molecule has 4 rings (SSSR count). The van der Waals surface area contributed by atoms with Crippen LogP contribution in [0.5, 0.6) is 5.75 Å². The van der Waals surface area contributed by atoms with Gasteiger partial charge in [0.1, 0.15) is 24.2 Å². The highest BCUT2D eigenvalue weighted by molar-refractivity contribution is 7.92. The number of halogens is 2. The summed E-state index contributed by atoms with van der Waals surface area (Å²) in [6, 6.07) is 24.3. The molecule has 0 aliphatic rings. The molecule has 4 aromatic carbocycles. The second-order valence-electron chi connectivity index (χ2n) is 11.1. The number of carbonyl (C=O) groups excluding carboxylic acids is 2. The van der Waals surface area contributed by atoms with E-state index in [1.165, 1.54) is 54.5 Å². The number of nitrogens with zero attached hydrogens (tertiary/aromatic N) is 2. The normalized spacial score (nSPS) is 12.0. The van der Waals surface area contributed by atoms with Crippen LogP contribution in [0.15, 0.2) is 102 Å². The zero-order chi connectivity index (χ0) is 33.4. The monoisotopic (exact) mass is 665 g/mol. The first-order valence-electron chi connectivity index (χ1n) is 14.7. The molecule has 4 aromatic rings. The van der Waals surface area contributed by atoms with E-state index in [2.05, 4.69) is 5.32 Å². The number of aryl methyl sites for hydroxylation is 1. The van der Waals surface area contributed by atoms with Crippen molar-refractivity contribution in [1.82, 2.24) is 10.2 Å². The van der Waals surface area contributed by atoms with Crippen LogP contribution < -0.4 is 14.4 Å². The molecule has 8 nitrogen and oxygen atoms in total. The Morgan fingerprint density at radius 1 is 0.935 bits per heavy atom. The van der Waals surface area contributed by atoms with E-state index >= 15 is 4.39 Å². The first-order valence-corrected chi connectivity index (χ1v) is 16.5. The molecule has 0 saturated carbocycles. The quantitative estimate of drug-likeness (QED) is 0.185. The number of benzene rings is 4. The second-order valence-corrected chi connectivity index (χ2v) is 13.4. The maximum atomic E-state index is 15.1. The van der Waals surface area contributed by atoms with Crippen molar-refractivity contribution in [2.45, 2.75) is 50.7 Å². The summed E-state index contributed by atoms with van der Waals surface area (Å²) in [6.07, 6.45) is 0.102. The Bertz CT molecular complexity index is 1770. The van der Waals surface area contributed by atoms with Crippen LogP contribution in [-0.4, -0.2) is 50.9 Å². The van der Waals surface area contributed by atoms with Gasteiger partial charge >= 0.3 is 0 Å². The predicted molar refractivity (Wildman–Crippen MR) is 178 cm³/mol. The molecule has 0 aromatic heterocycles. The van der Waals surface area contributed by atoms with E-state index in [1.807, 2.05) is 37.3 Å². The van der Waals surface area contributed by atoms with E-state index in [4.69, 9.17) is 16.3 Å². The summed E-state index contributed by atoms with van der Waals surface area (Å²) in [5.41, 5.74) is 1.80. The molecule has 1 N–H and O–H groups in total. The van der Waals surface area contributed by atoms with Crippen LogP contribution in [-0.2, 0) is 32.6 Å². The summed E-state index contributed by atoms with van der Waals surface area (Å²) in [5.74, 6) is -1.60. The number of ether oxygens (including phenoxy) is 1. The fraction of sp³-hybridized carbons (Fsp3) is 0.257. The molecule has 0 radical (unpaired) electrons. The van der Waals surface area contributed by atoms with Gasteiger partial charge in [-0.1, -0.05) is 77.8 Å². The van der Waals surface area contributed by atoms with E-state index in [0.717, 1.165) is 15.4 Å². The van der Waals surface area contributed by atoms with Gasteiger partial charge in [0, 0.05) is 29.6 Å². The molecule has 2 amide bonds. The van der Waals surface area contributed by atoms with Gasteiger partial charge in [-0.15, -0.1) is 0 Å². The van der Waals surface area contributed by atoms with Gasteiger partial charge in [-0.25, -0.2) is 12.8 Å². The Balaban J connectivity index is 1.86. The minimum Gasteiger partial charge on any atom is -0.495 e. The van der Waals surface area contributed by atoms with E-state index < -0.39 is 40.2 Å². The van der Waals surface area contributed by atoms with Crippen molar-refractivity contribution in [3.05, 3.63) is 125 Å². The molecule has 46 heavy (non-hydrogen) atoms. The van der Waals surface area contributed by atoms with Crippen LogP contribution in [0.2, 0.25) is 5.02 Å². The first kappa shape index (κ1) is 34.5. The lowest BCUT2D eigenvalue weighted by Crippen LogP contribution is -2.54. The van der Waals surface area contributed by atoms with Gasteiger partial charge in [-0.05, 0) is 62.7 Å². The van der Waals surface area contributed by atoms with Gasteiger partial charge < -0.3 is 15.0 Å². The van der Waals surface area contributed by atoms with E-state index in [0.29, 0.717) is 0 Å². The van der Waals surface area contributed by atoms with E-state index in [1.54, 1.807) is 38.1 Å². The highest BCUT2D eigenvalue weighted by atomic mass is 35.5. The number of methoxy groups -OCH3 is 1. The molecule has 0 spiro atoms. The van der Waals surface area contributed by atoms with Crippen molar-refractivity contribution in [3.63, 3.8) is 0 Å². The highest BCUT2D eigenvalue weighted by Crippen LogP contribution is 2.35. The highest BCUT2D eigenvalue weighted by Gasteiger charge is 2.36. The van der Waals surface area contributed by atoms with Crippen LogP contribution in [0, 0.1) is 12.7 Å². The Labute approximate surface area is 274 Å². The number of amides is 2. The van der Waals surface area contributed by atoms with Crippen LogP contribution in [0.1, 0.15) is 30.5 Å². The summed E-state index contributed by atoms with van der Waals surface area (Å²) in [7, 11) is -3.00. The summed E-state index contributed by atoms with van der Waals surface area (Å²) in [4.78, 5) is 29.5. The van der Waals surface area contributed by atoms with Gasteiger partial charge in [0.2, 0.25) is 11.8 Å². The molecule has 0 heterocycles. The van der Waals surface area contributed by atoms with Crippen LogP contribution in [0.3, 0.4) is 0 Å². The number of hydrogen-bond donors (Lipinski definition) is 1.